The van der Waals surface area contributed by atoms with Gasteiger partial charge in [-0.1, -0.05) is 30.3 Å². The highest BCUT2D eigenvalue weighted by molar-refractivity contribution is 7.99. The van der Waals surface area contributed by atoms with Crippen LogP contribution in [0.1, 0.15) is 18.9 Å². The van der Waals surface area contributed by atoms with Crippen molar-refractivity contribution in [3.63, 3.8) is 0 Å². The molecule has 0 aliphatic carbocycles. The van der Waals surface area contributed by atoms with Gasteiger partial charge in [0.2, 0.25) is 0 Å². The number of amides is 3. The second kappa shape index (κ2) is 11.1. The van der Waals surface area contributed by atoms with Crippen LogP contribution in [0.15, 0.2) is 59.5 Å². The lowest BCUT2D eigenvalue weighted by Gasteiger charge is -2.13. The number of benzene rings is 2. The third-order valence-electron chi connectivity index (χ3n) is 3.60. The molecule has 3 amide bonds. The summed E-state index contributed by atoms with van der Waals surface area (Å²) in [6.07, 6.45) is -1.01. The summed E-state index contributed by atoms with van der Waals surface area (Å²) in [5.74, 6) is -1.15. The molecule has 0 aliphatic heterocycles. The Morgan fingerprint density at radius 2 is 1.75 bits per heavy atom. The highest BCUT2D eigenvalue weighted by Gasteiger charge is 2.19. The van der Waals surface area contributed by atoms with Crippen molar-refractivity contribution in [1.29, 1.82) is 0 Å². The number of halogens is 1. The van der Waals surface area contributed by atoms with Crippen molar-refractivity contribution in [2.75, 3.05) is 5.75 Å². The summed E-state index contributed by atoms with van der Waals surface area (Å²) in [5.41, 5.74) is 0.892. The number of rotatable bonds is 8. The summed E-state index contributed by atoms with van der Waals surface area (Å²) in [5, 5.41) is 4.69. The van der Waals surface area contributed by atoms with Crippen molar-refractivity contribution in [3.05, 3.63) is 66.0 Å². The van der Waals surface area contributed by atoms with E-state index in [0.29, 0.717) is 5.75 Å². The summed E-state index contributed by atoms with van der Waals surface area (Å²) in [6.45, 7) is 1.67. The van der Waals surface area contributed by atoms with Gasteiger partial charge in [0.1, 0.15) is 5.82 Å². The Kier molecular flexibility index (Phi) is 8.48. The summed E-state index contributed by atoms with van der Waals surface area (Å²) in [4.78, 5) is 36.3. The van der Waals surface area contributed by atoms with Crippen LogP contribution in [0.25, 0.3) is 0 Å². The van der Waals surface area contributed by atoms with Gasteiger partial charge in [-0.25, -0.2) is 9.18 Å². The SMILES string of the molecule is CC(OC(=O)CCSc1ccc(F)cc1)C(=O)NC(=O)NCc1ccccc1. The zero-order valence-corrected chi connectivity index (χ0v) is 16.1. The molecule has 1 atom stereocenters. The van der Waals surface area contributed by atoms with Crippen LogP contribution in [0.2, 0.25) is 0 Å². The minimum absolute atomic E-state index is 0.0832. The monoisotopic (exact) mass is 404 g/mol. The van der Waals surface area contributed by atoms with Gasteiger partial charge >= 0.3 is 12.0 Å². The topological polar surface area (TPSA) is 84.5 Å². The van der Waals surface area contributed by atoms with Gasteiger partial charge in [-0.15, -0.1) is 11.8 Å². The Morgan fingerprint density at radius 3 is 2.43 bits per heavy atom. The number of hydrogen-bond donors (Lipinski definition) is 2. The highest BCUT2D eigenvalue weighted by Crippen LogP contribution is 2.19. The number of ether oxygens (including phenoxy) is 1. The maximum absolute atomic E-state index is 12.8. The minimum Gasteiger partial charge on any atom is -0.453 e. The molecule has 6 nitrogen and oxygen atoms in total. The van der Waals surface area contributed by atoms with E-state index in [2.05, 4.69) is 10.6 Å². The summed E-state index contributed by atoms with van der Waals surface area (Å²) >= 11 is 1.38. The molecule has 148 valence electrons. The molecule has 0 bridgehead atoms. The molecular weight excluding hydrogens is 383 g/mol. The molecule has 2 aromatic rings. The van der Waals surface area contributed by atoms with Crippen molar-refractivity contribution >= 4 is 29.7 Å². The van der Waals surface area contributed by atoms with Gasteiger partial charge in [0.25, 0.3) is 5.91 Å². The molecule has 0 fully saturated rings. The van der Waals surface area contributed by atoms with E-state index >= 15 is 0 Å². The largest absolute Gasteiger partial charge is 0.453 e. The van der Waals surface area contributed by atoms with E-state index in [9.17, 15) is 18.8 Å². The molecule has 2 aromatic carbocycles. The van der Waals surface area contributed by atoms with E-state index in [0.717, 1.165) is 10.5 Å². The quantitative estimate of drug-likeness (QED) is 0.521. The van der Waals surface area contributed by atoms with Crippen LogP contribution in [0.3, 0.4) is 0 Å². The first kappa shape index (κ1) is 21.4. The number of urea groups is 1. The highest BCUT2D eigenvalue weighted by atomic mass is 32.2. The lowest BCUT2D eigenvalue weighted by Crippen LogP contribution is -2.44. The molecule has 0 heterocycles. The molecule has 1 unspecified atom stereocenters. The van der Waals surface area contributed by atoms with Gasteiger partial charge in [-0.2, -0.15) is 0 Å². The molecule has 0 saturated carbocycles. The van der Waals surface area contributed by atoms with Crippen molar-refractivity contribution in [1.82, 2.24) is 10.6 Å². The van der Waals surface area contributed by atoms with Gasteiger partial charge in [0.05, 0.1) is 6.42 Å². The number of esters is 1. The second-order valence-corrected chi connectivity index (χ2v) is 7.01. The molecule has 0 saturated heterocycles. The lowest BCUT2D eigenvalue weighted by molar-refractivity contribution is -0.154. The normalized spacial score (nSPS) is 11.4. The maximum Gasteiger partial charge on any atom is 0.321 e. The van der Waals surface area contributed by atoms with E-state index in [4.69, 9.17) is 4.74 Å². The van der Waals surface area contributed by atoms with E-state index in [1.165, 1.54) is 30.8 Å². The fraction of sp³-hybridized carbons (Fsp3) is 0.250. The molecule has 0 aromatic heterocycles. The van der Waals surface area contributed by atoms with Crippen LogP contribution in [-0.2, 0) is 20.9 Å². The molecule has 0 spiro atoms. The molecule has 2 N–H and O–H groups in total. The zero-order valence-electron chi connectivity index (χ0n) is 15.3. The first-order valence-electron chi connectivity index (χ1n) is 8.64. The van der Waals surface area contributed by atoms with E-state index in [1.807, 2.05) is 30.3 Å². The number of hydrogen-bond acceptors (Lipinski definition) is 5. The first-order chi connectivity index (χ1) is 13.4. The Bertz CT molecular complexity index is 800. The Balaban J connectivity index is 1.65. The molecule has 0 aliphatic rings. The van der Waals surface area contributed by atoms with Crippen molar-refractivity contribution in [2.24, 2.45) is 0 Å². The van der Waals surface area contributed by atoms with Gasteiger partial charge in [0, 0.05) is 17.2 Å². The van der Waals surface area contributed by atoms with Crippen LogP contribution < -0.4 is 10.6 Å². The lowest BCUT2D eigenvalue weighted by atomic mass is 10.2. The maximum atomic E-state index is 12.8. The van der Waals surface area contributed by atoms with E-state index in [-0.39, 0.29) is 18.8 Å². The van der Waals surface area contributed by atoms with Crippen LogP contribution in [0, 0.1) is 5.82 Å². The second-order valence-electron chi connectivity index (χ2n) is 5.84. The number of carbonyl (C=O) groups excluding carboxylic acids is 3. The summed E-state index contributed by atoms with van der Waals surface area (Å²) in [7, 11) is 0. The fourth-order valence-corrected chi connectivity index (χ4v) is 2.96. The average molecular weight is 404 g/mol. The number of carbonyl (C=O) groups is 3. The molecular formula is C20H21FN2O4S. The van der Waals surface area contributed by atoms with Crippen LogP contribution in [0.4, 0.5) is 9.18 Å². The Labute approximate surface area is 166 Å². The van der Waals surface area contributed by atoms with Gasteiger partial charge in [0.15, 0.2) is 6.10 Å². The molecule has 8 heteroatoms. The number of imide groups is 1. The van der Waals surface area contributed by atoms with Crippen molar-refractivity contribution < 1.29 is 23.5 Å². The van der Waals surface area contributed by atoms with E-state index < -0.39 is 24.0 Å². The summed E-state index contributed by atoms with van der Waals surface area (Å²) in [6, 6.07) is 14.5. The summed E-state index contributed by atoms with van der Waals surface area (Å²) < 4.78 is 17.9. The third-order valence-corrected chi connectivity index (χ3v) is 4.61. The van der Waals surface area contributed by atoms with Crippen LogP contribution in [-0.4, -0.2) is 29.8 Å². The Morgan fingerprint density at radius 1 is 1.07 bits per heavy atom. The standard InChI is InChI=1S/C20H21FN2O4S/c1-14(19(25)23-20(26)22-13-15-5-3-2-4-6-15)27-18(24)11-12-28-17-9-7-16(21)8-10-17/h2-10,14H,11-13H2,1H3,(H2,22,23,25,26). The van der Waals surface area contributed by atoms with Crippen molar-refractivity contribution in [2.45, 2.75) is 30.9 Å². The van der Waals surface area contributed by atoms with Crippen LogP contribution >= 0.6 is 11.8 Å². The molecule has 0 radical (unpaired) electrons. The van der Waals surface area contributed by atoms with Gasteiger partial charge in [-0.3, -0.25) is 14.9 Å². The van der Waals surface area contributed by atoms with E-state index in [1.54, 1.807) is 12.1 Å². The first-order valence-corrected chi connectivity index (χ1v) is 9.63. The van der Waals surface area contributed by atoms with Gasteiger partial charge in [-0.05, 0) is 36.8 Å². The molecule has 2 rings (SSSR count). The predicted octanol–water partition coefficient (Wildman–Crippen LogP) is 3.27. The third kappa shape index (κ3) is 7.79. The zero-order chi connectivity index (χ0) is 20.4. The fourth-order valence-electron chi connectivity index (χ4n) is 2.13. The average Bonchev–Trinajstić information content (AvgIpc) is 2.68. The number of nitrogens with one attached hydrogen (secondary N) is 2. The minimum atomic E-state index is -1.09. The number of thioether (sulfide) groups is 1. The smallest absolute Gasteiger partial charge is 0.321 e. The van der Waals surface area contributed by atoms with Crippen molar-refractivity contribution in [3.8, 4) is 0 Å². The van der Waals surface area contributed by atoms with Crippen LogP contribution in [0.5, 0.6) is 0 Å². The molecule has 28 heavy (non-hydrogen) atoms. The Hall–Kier alpha value is -2.87. The predicted molar refractivity (Wildman–Crippen MR) is 104 cm³/mol. The van der Waals surface area contributed by atoms with Gasteiger partial charge < -0.3 is 10.1 Å².